The Hall–Kier alpha value is -1.62. The molecule has 5 heteroatoms. The summed E-state index contributed by atoms with van der Waals surface area (Å²) in [6.45, 7) is 5.14. The molecule has 0 saturated carbocycles. The molecule has 2 atom stereocenters. The van der Waals surface area contributed by atoms with Crippen LogP contribution in [0.4, 0.5) is 5.69 Å². The highest BCUT2D eigenvalue weighted by Crippen LogP contribution is 2.19. The summed E-state index contributed by atoms with van der Waals surface area (Å²) in [5.41, 5.74) is 1.18. The molecule has 2 unspecified atom stereocenters. The Kier molecular flexibility index (Phi) is 4.93. The van der Waals surface area contributed by atoms with Crippen LogP contribution in [0.1, 0.15) is 32.6 Å². The highest BCUT2D eigenvalue weighted by molar-refractivity contribution is 5.82. The number of pyridine rings is 1. The Morgan fingerprint density at radius 2 is 2.18 bits per heavy atom. The maximum Gasteiger partial charge on any atom is 0.237 e. The average molecular weight is 302 g/mol. The number of amides is 1. The number of carbonyl (C=O) groups is 1. The molecule has 3 rings (SSSR count). The van der Waals surface area contributed by atoms with Crippen molar-refractivity contribution in [1.29, 1.82) is 0 Å². The third-order valence-electron chi connectivity index (χ3n) is 4.83. The smallest absolute Gasteiger partial charge is 0.237 e. The fraction of sp³-hybridized carbons (Fsp3) is 0.647. The zero-order chi connectivity index (χ0) is 15.4. The minimum atomic E-state index is 0.0000953. The van der Waals surface area contributed by atoms with E-state index < -0.39 is 0 Å². The second-order valence-corrected chi connectivity index (χ2v) is 6.62. The first-order valence-electron chi connectivity index (χ1n) is 8.41. The van der Waals surface area contributed by atoms with E-state index in [9.17, 15) is 4.79 Å². The topological polar surface area (TPSA) is 57.3 Å². The summed E-state index contributed by atoms with van der Waals surface area (Å²) in [6, 6.07) is 4.37. The van der Waals surface area contributed by atoms with Gasteiger partial charge in [-0.1, -0.05) is 6.92 Å². The Morgan fingerprint density at radius 3 is 2.86 bits per heavy atom. The molecule has 2 fully saturated rings. The van der Waals surface area contributed by atoms with Crippen LogP contribution in [0.15, 0.2) is 24.5 Å². The van der Waals surface area contributed by atoms with Gasteiger partial charge in [-0.2, -0.15) is 0 Å². The Morgan fingerprint density at radius 1 is 1.36 bits per heavy atom. The first-order chi connectivity index (χ1) is 10.7. The van der Waals surface area contributed by atoms with Crippen LogP contribution in [-0.4, -0.2) is 42.6 Å². The van der Waals surface area contributed by atoms with E-state index in [1.54, 1.807) is 6.20 Å². The second kappa shape index (κ2) is 7.09. The molecule has 3 heterocycles. The Balaban J connectivity index is 1.46. The second-order valence-electron chi connectivity index (χ2n) is 6.62. The molecule has 1 aromatic heterocycles. The van der Waals surface area contributed by atoms with Gasteiger partial charge in [-0.05, 0) is 50.3 Å². The van der Waals surface area contributed by atoms with Gasteiger partial charge in [-0.15, -0.1) is 0 Å². The monoisotopic (exact) mass is 302 g/mol. The van der Waals surface area contributed by atoms with Crippen LogP contribution < -0.4 is 15.5 Å². The standard InChI is InChI=1S/C17H26N4O/c1-13-4-8-19-16(11-13)17(22)20-14-5-9-21(10-6-14)15-3-2-7-18-12-15/h2-3,7,12-14,16,19H,4-6,8-11H2,1H3,(H,20,22). The molecule has 1 amide bonds. The lowest BCUT2D eigenvalue weighted by atomic mass is 9.93. The average Bonchev–Trinajstić information content (AvgIpc) is 2.56. The summed E-state index contributed by atoms with van der Waals surface area (Å²) in [5.74, 6) is 0.829. The number of hydrogen-bond acceptors (Lipinski definition) is 4. The lowest BCUT2D eigenvalue weighted by Crippen LogP contribution is -2.53. The number of nitrogens with zero attached hydrogens (tertiary/aromatic N) is 2. The van der Waals surface area contributed by atoms with E-state index >= 15 is 0 Å². The zero-order valence-corrected chi connectivity index (χ0v) is 13.3. The maximum absolute atomic E-state index is 12.4. The van der Waals surface area contributed by atoms with Gasteiger partial charge in [0.1, 0.15) is 0 Å². The SMILES string of the molecule is CC1CCNC(C(=O)NC2CCN(c3cccnc3)CC2)C1. The molecule has 2 aliphatic rings. The van der Waals surface area contributed by atoms with Gasteiger partial charge in [0.2, 0.25) is 5.91 Å². The molecule has 0 bridgehead atoms. The molecule has 0 spiro atoms. The molecule has 0 aromatic carbocycles. The van der Waals surface area contributed by atoms with Gasteiger partial charge < -0.3 is 15.5 Å². The number of aromatic nitrogens is 1. The van der Waals surface area contributed by atoms with Crippen molar-refractivity contribution in [3.05, 3.63) is 24.5 Å². The molecule has 2 N–H and O–H groups in total. The van der Waals surface area contributed by atoms with Gasteiger partial charge in [0.05, 0.1) is 17.9 Å². The first-order valence-corrected chi connectivity index (χ1v) is 8.41. The Labute approximate surface area is 132 Å². The van der Waals surface area contributed by atoms with Gasteiger partial charge in [-0.25, -0.2) is 0 Å². The van der Waals surface area contributed by atoms with Crippen molar-refractivity contribution in [3.63, 3.8) is 0 Å². The summed E-state index contributed by atoms with van der Waals surface area (Å²) < 4.78 is 0. The van der Waals surface area contributed by atoms with Crippen molar-refractivity contribution in [2.75, 3.05) is 24.5 Å². The fourth-order valence-corrected chi connectivity index (χ4v) is 3.43. The van der Waals surface area contributed by atoms with E-state index in [0.717, 1.165) is 38.9 Å². The molecule has 120 valence electrons. The van der Waals surface area contributed by atoms with Crippen molar-refractivity contribution in [2.45, 2.75) is 44.7 Å². The number of piperidine rings is 2. The maximum atomic E-state index is 12.4. The molecule has 2 aliphatic heterocycles. The summed E-state index contributed by atoms with van der Waals surface area (Å²) in [6.07, 6.45) is 7.85. The van der Waals surface area contributed by atoms with Gasteiger partial charge in [0, 0.05) is 25.3 Å². The number of carbonyl (C=O) groups excluding carboxylic acids is 1. The number of nitrogens with one attached hydrogen (secondary N) is 2. The predicted octanol–water partition coefficient (Wildman–Crippen LogP) is 1.55. The minimum absolute atomic E-state index is 0.0000953. The van der Waals surface area contributed by atoms with Crippen LogP contribution in [0.3, 0.4) is 0 Å². The third-order valence-corrected chi connectivity index (χ3v) is 4.83. The lowest BCUT2D eigenvalue weighted by Gasteiger charge is -2.35. The van der Waals surface area contributed by atoms with Crippen LogP contribution in [-0.2, 0) is 4.79 Å². The largest absolute Gasteiger partial charge is 0.370 e. The number of anilines is 1. The highest BCUT2D eigenvalue weighted by atomic mass is 16.2. The Bertz CT molecular complexity index is 485. The summed E-state index contributed by atoms with van der Waals surface area (Å²) in [4.78, 5) is 18.9. The van der Waals surface area contributed by atoms with Crippen molar-refractivity contribution in [3.8, 4) is 0 Å². The molecular weight excluding hydrogens is 276 g/mol. The summed E-state index contributed by atoms with van der Waals surface area (Å²) in [5, 5.41) is 6.58. The van der Waals surface area contributed by atoms with Crippen molar-refractivity contribution in [1.82, 2.24) is 15.6 Å². The normalized spacial score (nSPS) is 26.7. The molecular formula is C17H26N4O. The highest BCUT2D eigenvalue weighted by Gasteiger charge is 2.27. The molecule has 1 aromatic rings. The predicted molar refractivity (Wildman–Crippen MR) is 87.8 cm³/mol. The van der Waals surface area contributed by atoms with Crippen molar-refractivity contribution < 1.29 is 4.79 Å². The minimum Gasteiger partial charge on any atom is -0.370 e. The van der Waals surface area contributed by atoms with Crippen LogP contribution in [0.25, 0.3) is 0 Å². The molecule has 0 radical (unpaired) electrons. The van der Waals surface area contributed by atoms with Crippen LogP contribution >= 0.6 is 0 Å². The van der Waals surface area contributed by atoms with Gasteiger partial charge in [-0.3, -0.25) is 9.78 Å². The van der Waals surface area contributed by atoms with E-state index in [4.69, 9.17) is 0 Å². The van der Waals surface area contributed by atoms with Gasteiger partial charge >= 0.3 is 0 Å². The molecule has 5 nitrogen and oxygen atoms in total. The number of rotatable bonds is 3. The fourth-order valence-electron chi connectivity index (χ4n) is 3.43. The van der Waals surface area contributed by atoms with E-state index in [1.165, 1.54) is 12.1 Å². The summed E-state index contributed by atoms with van der Waals surface area (Å²) in [7, 11) is 0. The van der Waals surface area contributed by atoms with E-state index in [0.29, 0.717) is 12.0 Å². The third kappa shape index (κ3) is 3.77. The molecule has 22 heavy (non-hydrogen) atoms. The molecule has 2 saturated heterocycles. The van der Waals surface area contributed by atoms with Gasteiger partial charge in [0.15, 0.2) is 0 Å². The van der Waals surface area contributed by atoms with Crippen molar-refractivity contribution in [2.24, 2.45) is 5.92 Å². The zero-order valence-electron chi connectivity index (χ0n) is 13.3. The summed E-state index contributed by atoms with van der Waals surface area (Å²) >= 11 is 0. The lowest BCUT2D eigenvalue weighted by molar-refractivity contribution is -0.124. The van der Waals surface area contributed by atoms with E-state index in [2.05, 4.69) is 33.5 Å². The number of hydrogen-bond donors (Lipinski definition) is 2. The molecule has 0 aliphatic carbocycles. The van der Waals surface area contributed by atoms with Crippen molar-refractivity contribution >= 4 is 11.6 Å². The quantitative estimate of drug-likeness (QED) is 0.889. The first kappa shape index (κ1) is 15.3. The van der Waals surface area contributed by atoms with E-state index in [-0.39, 0.29) is 11.9 Å². The van der Waals surface area contributed by atoms with Crippen LogP contribution in [0, 0.1) is 5.92 Å². The van der Waals surface area contributed by atoms with Crippen LogP contribution in [0.5, 0.6) is 0 Å². The van der Waals surface area contributed by atoms with Crippen LogP contribution in [0.2, 0.25) is 0 Å². The van der Waals surface area contributed by atoms with Gasteiger partial charge in [0.25, 0.3) is 0 Å². The van der Waals surface area contributed by atoms with E-state index in [1.807, 2.05) is 12.3 Å².